The van der Waals surface area contributed by atoms with Gasteiger partial charge in [-0.15, -0.1) is 0 Å². The van der Waals surface area contributed by atoms with E-state index in [1.54, 1.807) is 11.3 Å². The summed E-state index contributed by atoms with van der Waals surface area (Å²) in [6.07, 6.45) is 1.60. The molecule has 0 amide bonds. The molecule has 0 aliphatic carbocycles. The maximum Gasteiger partial charge on any atom is 0.0766 e. The number of aliphatic hydroxyl groups is 1. The van der Waals surface area contributed by atoms with E-state index in [0.717, 1.165) is 12.8 Å². The Morgan fingerprint density at radius 3 is 2.60 bits per heavy atom. The van der Waals surface area contributed by atoms with Gasteiger partial charge in [-0.05, 0) is 42.2 Å². The van der Waals surface area contributed by atoms with Crippen LogP contribution in [0.2, 0.25) is 0 Å². The Labute approximate surface area is 96.3 Å². The van der Waals surface area contributed by atoms with Gasteiger partial charge in [0.05, 0.1) is 5.60 Å². The minimum Gasteiger partial charge on any atom is -0.389 e. The summed E-state index contributed by atoms with van der Waals surface area (Å²) >= 11 is 1.71. The average molecular weight is 227 g/mol. The van der Waals surface area contributed by atoms with Crippen molar-refractivity contribution in [2.75, 3.05) is 6.54 Å². The van der Waals surface area contributed by atoms with Crippen LogP contribution in [0.3, 0.4) is 0 Å². The summed E-state index contributed by atoms with van der Waals surface area (Å²) in [6, 6.07) is 2.44. The molecule has 0 aliphatic heterocycles. The van der Waals surface area contributed by atoms with Crippen LogP contribution in [0.4, 0.5) is 0 Å². The Kier molecular flexibility index (Phi) is 4.77. The first-order valence-electron chi connectivity index (χ1n) is 5.59. The standard InChI is InChI=1S/C12H21NOS/c1-4-12(14,5-2)9-13-10(3)11-6-7-15-8-11/h6-8,10,13-14H,4-5,9H2,1-3H3. The first kappa shape index (κ1) is 12.7. The molecule has 15 heavy (non-hydrogen) atoms. The Morgan fingerprint density at radius 1 is 1.47 bits per heavy atom. The van der Waals surface area contributed by atoms with Crippen molar-refractivity contribution < 1.29 is 5.11 Å². The third-order valence-electron chi connectivity index (χ3n) is 3.10. The summed E-state index contributed by atoms with van der Waals surface area (Å²) in [5.74, 6) is 0. The van der Waals surface area contributed by atoms with Crippen molar-refractivity contribution in [3.05, 3.63) is 22.4 Å². The van der Waals surface area contributed by atoms with Gasteiger partial charge in [0.2, 0.25) is 0 Å². The van der Waals surface area contributed by atoms with Gasteiger partial charge in [0.15, 0.2) is 0 Å². The fourth-order valence-corrected chi connectivity index (χ4v) is 2.24. The summed E-state index contributed by atoms with van der Waals surface area (Å²) < 4.78 is 0. The van der Waals surface area contributed by atoms with Crippen LogP contribution in [0.15, 0.2) is 16.8 Å². The van der Waals surface area contributed by atoms with Crippen molar-refractivity contribution in [2.45, 2.75) is 45.3 Å². The molecule has 0 spiro atoms. The van der Waals surface area contributed by atoms with Crippen LogP contribution in [-0.2, 0) is 0 Å². The summed E-state index contributed by atoms with van der Waals surface area (Å²) in [5, 5.41) is 17.7. The Bertz CT molecular complexity index is 267. The van der Waals surface area contributed by atoms with E-state index in [1.807, 2.05) is 13.8 Å². The first-order valence-corrected chi connectivity index (χ1v) is 6.53. The van der Waals surface area contributed by atoms with Gasteiger partial charge >= 0.3 is 0 Å². The normalized spacial score (nSPS) is 14.1. The van der Waals surface area contributed by atoms with E-state index in [9.17, 15) is 5.11 Å². The zero-order valence-electron chi connectivity index (χ0n) is 9.79. The molecular formula is C12H21NOS. The number of nitrogens with one attached hydrogen (secondary N) is 1. The monoisotopic (exact) mass is 227 g/mol. The molecule has 1 heterocycles. The molecule has 2 N–H and O–H groups in total. The quantitative estimate of drug-likeness (QED) is 0.783. The molecule has 1 atom stereocenters. The minimum absolute atomic E-state index is 0.320. The van der Waals surface area contributed by atoms with Crippen molar-refractivity contribution in [1.82, 2.24) is 5.32 Å². The highest BCUT2D eigenvalue weighted by Gasteiger charge is 2.22. The lowest BCUT2D eigenvalue weighted by Gasteiger charge is -2.27. The van der Waals surface area contributed by atoms with Gasteiger partial charge in [-0.25, -0.2) is 0 Å². The summed E-state index contributed by atoms with van der Waals surface area (Å²) in [5.41, 5.74) is 0.749. The second kappa shape index (κ2) is 5.64. The molecule has 0 saturated carbocycles. The molecule has 0 aliphatic rings. The van der Waals surface area contributed by atoms with E-state index in [1.165, 1.54) is 5.56 Å². The Hall–Kier alpha value is -0.380. The molecule has 1 unspecified atom stereocenters. The van der Waals surface area contributed by atoms with Gasteiger partial charge in [-0.1, -0.05) is 13.8 Å². The smallest absolute Gasteiger partial charge is 0.0766 e. The summed E-state index contributed by atoms with van der Waals surface area (Å²) in [4.78, 5) is 0. The van der Waals surface area contributed by atoms with Crippen molar-refractivity contribution in [3.8, 4) is 0 Å². The van der Waals surface area contributed by atoms with Crippen LogP contribution in [0.5, 0.6) is 0 Å². The second-order valence-corrected chi connectivity index (χ2v) is 4.87. The lowest BCUT2D eigenvalue weighted by molar-refractivity contribution is 0.0303. The average Bonchev–Trinajstić information content (AvgIpc) is 2.79. The zero-order valence-corrected chi connectivity index (χ0v) is 10.6. The van der Waals surface area contributed by atoms with E-state index < -0.39 is 5.60 Å². The van der Waals surface area contributed by atoms with Crippen LogP contribution in [-0.4, -0.2) is 17.3 Å². The van der Waals surface area contributed by atoms with Gasteiger partial charge in [0.1, 0.15) is 0 Å². The third-order valence-corrected chi connectivity index (χ3v) is 3.80. The molecule has 86 valence electrons. The largest absolute Gasteiger partial charge is 0.389 e. The zero-order chi connectivity index (χ0) is 11.3. The molecular weight excluding hydrogens is 206 g/mol. The van der Waals surface area contributed by atoms with E-state index in [4.69, 9.17) is 0 Å². The highest BCUT2D eigenvalue weighted by atomic mass is 32.1. The molecule has 2 nitrogen and oxygen atoms in total. The lowest BCUT2D eigenvalue weighted by Crippen LogP contribution is -2.40. The van der Waals surface area contributed by atoms with E-state index in [-0.39, 0.29) is 0 Å². The third kappa shape index (κ3) is 3.59. The van der Waals surface area contributed by atoms with Crippen molar-refractivity contribution in [2.24, 2.45) is 0 Å². The SMILES string of the molecule is CCC(O)(CC)CNC(C)c1ccsc1. The molecule has 0 radical (unpaired) electrons. The minimum atomic E-state index is -0.551. The van der Waals surface area contributed by atoms with E-state index in [2.05, 4.69) is 29.1 Å². The van der Waals surface area contributed by atoms with Gasteiger partial charge in [-0.2, -0.15) is 11.3 Å². The molecule has 1 aromatic heterocycles. The number of hydrogen-bond acceptors (Lipinski definition) is 3. The molecule has 0 fully saturated rings. The Morgan fingerprint density at radius 2 is 2.13 bits per heavy atom. The predicted molar refractivity (Wildman–Crippen MR) is 66.3 cm³/mol. The highest BCUT2D eigenvalue weighted by Crippen LogP contribution is 2.18. The molecule has 3 heteroatoms. The van der Waals surface area contributed by atoms with Crippen molar-refractivity contribution in [3.63, 3.8) is 0 Å². The predicted octanol–water partition coefficient (Wildman–Crippen LogP) is 2.95. The fraction of sp³-hybridized carbons (Fsp3) is 0.667. The Balaban J connectivity index is 2.43. The van der Waals surface area contributed by atoms with Crippen LogP contribution in [0.1, 0.15) is 45.2 Å². The van der Waals surface area contributed by atoms with Crippen LogP contribution in [0.25, 0.3) is 0 Å². The summed E-state index contributed by atoms with van der Waals surface area (Å²) in [6.45, 7) is 6.85. The fourth-order valence-electron chi connectivity index (χ4n) is 1.48. The van der Waals surface area contributed by atoms with Crippen LogP contribution >= 0.6 is 11.3 Å². The molecule has 0 saturated heterocycles. The van der Waals surface area contributed by atoms with E-state index >= 15 is 0 Å². The van der Waals surface area contributed by atoms with Crippen molar-refractivity contribution >= 4 is 11.3 Å². The van der Waals surface area contributed by atoms with Crippen molar-refractivity contribution in [1.29, 1.82) is 0 Å². The molecule has 1 rings (SSSR count). The van der Waals surface area contributed by atoms with Gasteiger partial charge < -0.3 is 10.4 Å². The number of thiophene rings is 1. The lowest BCUT2D eigenvalue weighted by atomic mass is 9.97. The first-order chi connectivity index (χ1) is 7.11. The topological polar surface area (TPSA) is 32.3 Å². The van der Waals surface area contributed by atoms with Crippen LogP contribution in [0, 0.1) is 0 Å². The van der Waals surface area contributed by atoms with Gasteiger partial charge in [0, 0.05) is 12.6 Å². The maximum absolute atomic E-state index is 10.1. The number of hydrogen-bond donors (Lipinski definition) is 2. The molecule has 1 aromatic rings. The number of rotatable bonds is 6. The molecule has 0 aromatic carbocycles. The maximum atomic E-state index is 10.1. The van der Waals surface area contributed by atoms with E-state index in [0.29, 0.717) is 12.6 Å². The second-order valence-electron chi connectivity index (χ2n) is 4.09. The van der Waals surface area contributed by atoms with Gasteiger partial charge in [-0.3, -0.25) is 0 Å². The highest BCUT2D eigenvalue weighted by molar-refractivity contribution is 7.07. The molecule has 0 bridgehead atoms. The van der Waals surface area contributed by atoms with Gasteiger partial charge in [0.25, 0.3) is 0 Å². The van der Waals surface area contributed by atoms with Crippen LogP contribution < -0.4 is 5.32 Å². The summed E-state index contributed by atoms with van der Waals surface area (Å²) in [7, 11) is 0.